The van der Waals surface area contributed by atoms with Gasteiger partial charge in [-0.2, -0.15) is 16.9 Å². The fraction of sp³-hybridized carbons (Fsp3) is 0.583. The molecule has 1 heterocycles. The predicted molar refractivity (Wildman–Crippen MR) is 81.6 cm³/mol. The first-order chi connectivity index (χ1) is 9.30. The molecular weight excluding hydrogens is 302 g/mol. The SMILES string of the molecule is COC(=O)Cn1ncc(NCC(C)(C)SC)c(Cl)c1=O. The molecule has 8 heteroatoms. The van der Waals surface area contributed by atoms with Crippen molar-refractivity contribution in [2.24, 2.45) is 0 Å². The molecule has 0 atom stereocenters. The Labute approximate surface area is 126 Å². The molecular formula is C12H18ClN3O3S. The Kier molecular flexibility index (Phi) is 5.88. The molecule has 0 aliphatic heterocycles. The van der Waals surface area contributed by atoms with E-state index in [1.54, 1.807) is 11.8 Å². The number of carbonyl (C=O) groups is 1. The number of aromatic nitrogens is 2. The van der Waals surface area contributed by atoms with E-state index in [0.717, 1.165) is 4.68 Å². The molecule has 0 fully saturated rings. The van der Waals surface area contributed by atoms with Crippen molar-refractivity contribution in [1.82, 2.24) is 9.78 Å². The van der Waals surface area contributed by atoms with Crippen LogP contribution >= 0.6 is 23.4 Å². The zero-order valence-electron chi connectivity index (χ0n) is 11.9. The highest BCUT2D eigenvalue weighted by Gasteiger charge is 2.17. The summed E-state index contributed by atoms with van der Waals surface area (Å²) in [6, 6.07) is 0. The van der Waals surface area contributed by atoms with E-state index in [4.69, 9.17) is 11.6 Å². The van der Waals surface area contributed by atoms with Gasteiger partial charge >= 0.3 is 5.97 Å². The summed E-state index contributed by atoms with van der Waals surface area (Å²) in [7, 11) is 1.25. The summed E-state index contributed by atoms with van der Waals surface area (Å²) in [4.78, 5) is 23.1. The summed E-state index contributed by atoms with van der Waals surface area (Å²) in [5.41, 5.74) is -0.0658. The zero-order chi connectivity index (χ0) is 15.3. The van der Waals surface area contributed by atoms with Gasteiger partial charge in [-0.1, -0.05) is 11.6 Å². The topological polar surface area (TPSA) is 73.2 Å². The largest absolute Gasteiger partial charge is 0.468 e. The molecule has 0 saturated carbocycles. The van der Waals surface area contributed by atoms with Crippen molar-refractivity contribution >= 4 is 35.0 Å². The third-order valence-electron chi connectivity index (χ3n) is 2.75. The van der Waals surface area contributed by atoms with Crippen LogP contribution in [0.4, 0.5) is 5.69 Å². The van der Waals surface area contributed by atoms with Crippen molar-refractivity contribution in [3.63, 3.8) is 0 Å². The minimum Gasteiger partial charge on any atom is -0.468 e. The van der Waals surface area contributed by atoms with Gasteiger partial charge in [0.2, 0.25) is 0 Å². The Bertz CT molecular complexity index is 545. The number of ether oxygens (including phenoxy) is 1. The maximum atomic E-state index is 12.0. The molecule has 1 N–H and O–H groups in total. The molecule has 20 heavy (non-hydrogen) atoms. The van der Waals surface area contributed by atoms with Crippen LogP contribution in [-0.4, -0.2) is 40.4 Å². The summed E-state index contributed by atoms with van der Waals surface area (Å²) in [6.07, 6.45) is 3.44. The van der Waals surface area contributed by atoms with Gasteiger partial charge in [-0.3, -0.25) is 9.59 Å². The van der Waals surface area contributed by atoms with Gasteiger partial charge in [0.05, 0.1) is 19.0 Å². The summed E-state index contributed by atoms with van der Waals surface area (Å²) < 4.78 is 5.46. The Morgan fingerprint density at radius 3 is 2.80 bits per heavy atom. The van der Waals surface area contributed by atoms with E-state index in [0.29, 0.717) is 12.2 Å². The number of hydrogen-bond donors (Lipinski definition) is 1. The minimum atomic E-state index is -0.556. The van der Waals surface area contributed by atoms with Crippen molar-refractivity contribution in [3.8, 4) is 0 Å². The maximum absolute atomic E-state index is 12.0. The molecule has 0 aliphatic rings. The lowest BCUT2D eigenvalue weighted by Crippen LogP contribution is -2.30. The maximum Gasteiger partial charge on any atom is 0.327 e. The summed E-state index contributed by atoms with van der Waals surface area (Å²) >= 11 is 7.70. The van der Waals surface area contributed by atoms with Gasteiger partial charge in [-0.05, 0) is 20.1 Å². The molecule has 1 rings (SSSR count). The van der Waals surface area contributed by atoms with Crippen LogP contribution in [0.15, 0.2) is 11.0 Å². The number of thioether (sulfide) groups is 1. The molecule has 0 unspecified atom stereocenters. The fourth-order valence-corrected chi connectivity index (χ4v) is 1.70. The third-order valence-corrected chi connectivity index (χ3v) is 4.36. The second kappa shape index (κ2) is 6.99. The highest BCUT2D eigenvalue weighted by atomic mass is 35.5. The van der Waals surface area contributed by atoms with Crippen LogP contribution < -0.4 is 10.9 Å². The van der Waals surface area contributed by atoms with Gasteiger partial charge in [0.1, 0.15) is 11.6 Å². The highest BCUT2D eigenvalue weighted by molar-refractivity contribution is 7.99. The molecule has 0 bridgehead atoms. The van der Waals surface area contributed by atoms with E-state index in [9.17, 15) is 9.59 Å². The number of nitrogens with one attached hydrogen (secondary N) is 1. The number of esters is 1. The van der Waals surface area contributed by atoms with Gasteiger partial charge in [-0.15, -0.1) is 0 Å². The number of rotatable bonds is 6. The number of carbonyl (C=O) groups excluding carboxylic acids is 1. The van der Waals surface area contributed by atoms with Crippen LogP contribution in [0.5, 0.6) is 0 Å². The molecule has 112 valence electrons. The lowest BCUT2D eigenvalue weighted by atomic mass is 10.2. The van der Waals surface area contributed by atoms with E-state index in [1.807, 2.05) is 6.26 Å². The number of halogens is 1. The molecule has 0 amide bonds. The van der Waals surface area contributed by atoms with Crippen LogP contribution in [0.25, 0.3) is 0 Å². The Morgan fingerprint density at radius 2 is 2.25 bits per heavy atom. The molecule has 0 saturated heterocycles. The molecule has 1 aromatic rings. The Hall–Kier alpha value is -1.21. The highest BCUT2D eigenvalue weighted by Crippen LogP contribution is 2.23. The molecule has 1 aromatic heterocycles. The van der Waals surface area contributed by atoms with Gasteiger partial charge < -0.3 is 10.1 Å². The number of methoxy groups -OCH3 is 1. The predicted octanol–water partition coefficient (Wildman–Crippen LogP) is 1.62. The Balaban J connectivity index is 2.89. The quantitative estimate of drug-likeness (QED) is 0.803. The van der Waals surface area contributed by atoms with Crippen LogP contribution in [0.3, 0.4) is 0 Å². The standard InChI is InChI=1S/C12H18ClN3O3S/c1-12(2,20-4)7-14-8-5-15-16(6-9(17)19-3)11(18)10(8)13/h5,14H,6-7H2,1-4H3. The van der Waals surface area contributed by atoms with Gasteiger partial charge in [0, 0.05) is 11.3 Å². The lowest BCUT2D eigenvalue weighted by molar-refractivity contribution is -0.141. The van der Waals surface area contributed by atoms with E-state index < -0.39 is 11.5 Å². The monoisotopic (exact) mass is 319 g/mol. The van der Waals surface area contributed by atoms with Gasteiger partial charge in [-0.25, -0.2) is 4.68 Å². The zero-order valence-corrected chi connectivity index (χ0v) is 13.5. The van der Waals surface area contributed by atoms with Gasteiger partial charge in [0.15, 0.2) is 0 Å². The van der Waals surface area contributed by atoms with Crippen LogP contribution in [0.2, 0.25) is 5.02 Å². The summed E-state index contributed by atoms with van der Waals surface area (Å²) in [5, 5.41) is 7.01. The van der Waals surface area contributed by atoms with E-state index in [-0.39, 0.29) is 16.3 Å². The number of nitrogens with zero attached hydrogens (tertiary/aromatic N) is 2. The average molecular weight is 320 g/mol. The van der Waals surface area contributed by atoms with E-state index in [1.165, 1.54) is 13.3 Å². The minimum absolute atomic E-state index is 0.00417. The second-order valence-corrected chi connectivity index (χ2v) is 6.62. The molecule has 0 aromatic carbocycles. The summed E-state index contributed by atoms with van der Waals surface area (Å²) in [5.74, 6) is -0.556. The molecule has 0 spiro atoms. The first-order valence-electron chi connectivity index (χ1n) is 5.92. The average Bonchev–Trinajstić information content (AvgIpc) is 2.43. The van der Waals surface area contributed by atoms with E-state index >= 15 is 0 Å². The van der Waals surface area contributed by atoms with Crippen molar-refractivity contribution in [2.45, 2.75) is 25.1 Å². The number of hydrogen-bond acceptors (Lipinski definition) is 6. The second-order valence-electron chi connectivity index (χ2n) is 4.73. The van der Waals surface area contributed by atoms with Crippen molar-refractivity contribution < 1.29 is 9.53 Å². The van der Waals surface area contributed by atoms with Crippen molar-refractivity contribution in [1.29, 1.82) is 0 Å². The van der Waals surface area contributed by atoms with Crippen LogP contribution in [0, 0.1) is 0 Å². The molecule has 0 radical (unpaired) electrons. The molecule has 6 nitrogen and oxygen atoms in total. The molecule has 0 aliphatic carbocycles. The summed E-state index contributed by atoms with van der Waals surface area (Å²) in [6.45, 7) is 4.52. The van der Waals surface area contributed by atoms with Crippen molar-refractivity contribution in [3.05, 3.63) is 21.6 Å². The van der Waals surface area contributed by atoms with E-state index in [2.05, 4.69) is 29.0 Å². The van der Waals surface area contributed by atoms with Gasteiger partial charge in [0.25, 0.3) is 5.56 Å². The van der Waals surface area contributed by atoms with Crippen LogP contribution in [-0.2, 0) is 16.1 Å². The number of anilines is 1. The van der Waals surface area contributed by atoms with Crippen molar-refractivity contribution in [2.75, 3.05) is 25.2 Å². The van der Waals surface area contributed by atoms with Crippen LogP contribution in [0.1, 0.15) is 13.8 Å². The lowest BCUT2D eigenvalue weighted by Gasteiger charge is -2.23. The Morgan fingerprint density at radius 1 is 1.60 bits per heavy atom. The first-order valence-corrected chi connectivity index (χ1v) is 7.52. The smallest absolute Gasteiger partial charge is 0.327 e. The fourth-order valence-electron chi connectivity index (χ4n) is 1.27. The normalized spacial score (nSPS) is 11.2. The third kappa shape index (κ3) is 4.42. The first kappa shape index (κ1) is 16.8.